The maximum atomic E-state index is 12.0. The van der Waals surface area contributed by atoms with Crippen molar-refractivity contribution in [3.63, 3.8) is 0 Å². The van der Waals surface area contributed by atoms with Gasteiger partial charge in [-0.25, -0.2) is 9.97 Å². The molecule has 0 unspecified atom stereocenters. The molecular weight excluding hydrogens is 264 g/mol. The summed E-state index contributed by atoms with van der Waals surface area (Å²) in [5.74, 6) is 0.0404. The van der Waals surface area contributed by atoms with Crippen molar-refractivity contribution in [1.82, 2.24) is 20.3 Å². The van der Waals surface area contributed by atoms with Crippen LogP contribution in [0.1, 0.15) is 41.5 Å². The van der Waals surface area contributed by atoms with E-state index in [1.807, 2.05) is 13.8 Å². The van der Waals surface area contributed by atoms with E-state index in [0.717, 1.165) is 11.4 Å². The first-order valence-electron chi connectivity index (χ1n) is 5.99. The van der Waals surface area contributed by atoms with Gasteiger partial charge in [-0.05, 0) is 18.1 Å². The summed E-state index contributed by atoms with van der Waals surface area (Å²) in [6.07, 6.45) is 3.24. The number of nitrogens with zero attached hydrogens (tertiary/aromatic N) is 2. The SMILES string of the molecule is CC(C)c1cc(C(=O)NCc2cnc[nH]2)cc(Cl)n1. The zero-order valence-electron chi connectivity index (χ0n) is 10.8. The highest BCUT2D eigenvalue weighted by molar-refractivity contribution is 6.29. The predicted molar refractivity (Wildman–Crippen MR) is 73.1 cm³/mol. The number of aromatic nitrogens is 3. The van der Waals surface area contributed by atoms with Gasteiger partial charge in [0.2, 0.25) is 0 Å². The summed E-state index contributed by atoms with van der Waals surface area (Å²) in [5, 5.41) is 3.13. The lowest BCUT2D eigenvalue weighted by Crippen LogP contribution is -2.23. The Labute approximate surface area is 116 Å². The van der Waals surface area contributed by atoms with Crippen LogP contribution in [0.2, 0.25) is 5.15 Å². The van der Waals surface area contributed by atoms with Crippen LogP contribution in [0, 0.1) is 0 Å². The Morgan fingerprint density at radius 3 is 2.89 bits per heavy atom. The molecule has 2 aromatic rings. The van der Waals surface area contributed by atoms with Crippen LogP contribution in [-0.2, 0) is 6.54 Å². The number of imidazole rings is 1. The van der Waals surface area contributed by atoms with Crippen LogP contribution in [0.5, 0.6) is 0 Å². The Morgan fingerprint density at radius 1 is 1.47 bits per heavy atom. The monoisotopic (exact) mass is 278 g/mol. The maximum Gasteiger partial charge on any atom is 0.251 e. The lowest BCUT2D eigenvalue weighted by molar-refractivity contribution is 0.0950. The van der Waals surface area contributed by atoms with E-state index in [0.29, 0.717) is 17.3 Å². The number of aromatic amines is 1. The summed E-state index contributed by atoms with van der Waals surface area (Å²) in [6.45, 7) is 4.41. The molecule has 0 fully saturated rings. The Kier molecular flexibility index (Phi) is 4.16. The second-order valence-corrected chi connectivity index (χ2v) is 4.90. The normalized spacial score (nSPS) is 10.7. The van der Waals surface area contributed by atoms with Crippen molar-refractivity contribution < 1.29 is 4.79 Å². The first-order valence-corrected chi connectivity index (χ1v) is 6.37. The summed E-state index contributed by atoms with van der Waals surface area (Å²) < 4.78 is 0. The van der Waals surface area contributed by atoms with Gasteiger partial charge >= 0.3 is 0 Å². The van der Waals surface area contributed by atoms with Crippen molar-refractivity contribution in [1.29, 1.82) is 0 Å². The number of H-pyrrole nitrogens is 1. The number of carbonyl (C=O) groups is 1. The summed E-state index contributed by atoms with van der Waals surface area (Å²) in [6, 6.07) is 3.33. The third-order valence-corrected chi connectivity index (χ3v) is 2.86. The van der Waals surface area contributed by atoms with E-state index in [9.17, 15) is 4.79 Å². The van der Waals surface area contributed by atoms with Gasteiger partial charge < -0.3 is 10.3 Å². The first-order chi connectivity index (χ1) is 9.06. The number of nitrogens with one attached hydrogen (secondary N) is 2. The van der Waals surface area contributed by atoms with Gasteiger partial charge in [-0.1, -0.05) is 25.4 Å². The average molecular weight is 279 g/mol. The number of pyridine rings is 1. The Bertz CT molecular complexity index is 566. The quantitative estimate of drug-likeness (QED) is 0.844. The molecule has 2 aromatic heterocycles. The standard InChI is InChI=1S/C13H15ClN4O/c1-8(2)11-3-9(4-12(14)18-11)13(19)16-6-10-5-15-7-17-10/h3-5,7-8H,6H2,1-2H3,(H,15,17)(H,16,19). The molecule has 0 aliphatic heterocycles. The summed E-state index contributed by atoms with van der Waals surface area (Å²) in [5.41, 5.74) is 2.17. The van der Waals surface area contributed by atoms with Crippen molar-refractivity contribution in [3.05, 3.63) is 46.8 Å². The van der Waals surface area contributed by atoms with Crippen LogP contribution in [0.15, 0.2) is 24.7 Å². The Morgan fingerprint density at radius 2 is 2.26 bits per heavy atom. The molecule has 5 nitrogen and oxygen atoms in total. The van der Waals surface area contributed by atoms with Crippen LogP contribution in [0.3, 0.4) is 0 Å². The van der Waals surface area contributed by atoms with E-state index in [-0.39, 0.29) is 11.8 Å². The fraction of sp³-hybridized carbons (Fsp3) is 0.308. The molecule has 0 saturated carbocycles. The van der Waals surface area contributed by atoms with Gasteiger partial charge in [0.25, 0.3) is 5.91 Å². The van der Waals surface area contributed by atoms with E-state index < -0.39 is 0 Å². The summed E-state index contributed by atoms with van der Waals surface area (Å²) in [7, 11) is 0. The van der Waals surface area contributed by atoms with E-state index in [1.165, 1.54) is 0 Å². The van der Waals surface area contributed by atoms with E-state index in [2.05, 4.69) is 20.3 Å². The van der Waals surface area contributed by atoms with Crippen LogP contribution < -0.4 is 5.32 Å². The predicted octanol–water partition coefficient (Wildman–Crippen LogP) is 2.51. The molecule has 0 radical (unpaired) electrons. The van der Waals surface area contributed by atoms with Gasteiger partial charge in [0.1, 0.15) is 5.15 Å². The molecule has 100 valence electrons. The van der Waals surface area contributed by atoms with Gasteiger partial charge in [0, 0.05) is 17.5 Å². The third-order valence-electron chi connectivity index (χ3n) is 2.66. The number of halogens is 1. The van der Waals surface area contributed by atoms with Crippen LogP contribution in [0.4, 0.5) is 0 Å². The smallest absolute Gasteiger partial charge is 0.251 e. The van der Waals surface area contributed by atoms with Gasteiger partial charge in [-0.15, -0.1) is 0 Å². The van der Waals surface area contributed by atoms with Crippen LogP contribution >= 0.6 is 11.6 Å². The molecule has 0 spiro atoms. The molecule has 2 heterocycles. The van der Waals surface area contributed by atoms with Crippen molar-refractivity contribution in [2.24, 2.45) is 0 Å². The molecule has 0 aliphatic rings. The molecule has 0 saturated heterocycles. The number of carbonyl (C=O) groups excluding carboxylic acids is 1. The van der Waals surface area contributed by atoms with Crippen molar-refractivity contribution >= 4 is 17.5 Å². The van der Waals surface area contributed by atoms with Crippen molar-refractivity contribution in [2.75, 3.05) is 0 Å². The lowest BCUT2D eigenvalue weighted by atomic mass is 10.1. The topological polar surface area (TPSA) is 70.7 Å². The fourth-order valence-electron chi connectivity index (χ4n) is 1.60. The number of amides is 1. The van der Waals surface area contributed by atoms with E-state index in [1.54, 1.807) is 24.7 Å². The van der Waals surface area contributed by atoms with Gasteiger partial charge in [0.05, 0.1) is 18.6 Å². The van der Waals surface area contributed by atoms with Crippen LogP contribution in [-0.4, -0.2) is 20.9 Å². The molecule has 0 aromatic carbocycles. The minimum Gasteiger partial charge on any atom is -0.347 e. The molecule has 0 aliphatic carbocycles. The van der Waals surface area contributed by atoms with Gasteiger partial charge in [0.15, 0.2) is 0 Å². The van der Waals surface area contributed by atoms with Crippen molar-refractivity contribution in [2.45, 2.75) is 26.3 Å². The second-order valence-electron chi connectivity index (χ2n) is 4.52. The zero-order valence-corrected chi connectivity index (χ0v) is 11.5. The first kappa shape index (κ1) is 13.5. The lowest BCUT2D eigenvalue weighted by Gasteiger charge is -2.08. The third kappa shape index (κ3) is 3.54. The minimum absolute atomic E-state index is 0.180. The highest BCUT2D eigenvalue weighted by Gasteiger charge is 2.11. The number of hydrogen-bond acceptors (Lipinski definition) is 3. The Hall–Kier alpha value is -1.88. The van der Waals surface area contributed by atoms with Crippen LogP contribution in [0.25, 0.3) is 0 Å². The molecule has 0 bridgehead atoms. The zero-order chi connectivity index (χ0) is 13.8. The highest BCUT2D eigenvalue weighted by Crippen LogP contribution is 2.17. The average Bonchev–Trinajstić information content (AvgIpc) is 2.88. The molecular formula is C13H15ClN4O. The largest absolute Gasteiger partial charge is 0.347 e. The number of rotatable bonds is 4. The summed E-state index contributed by atoms with van der Waals surface area (Å²) in [4.78, 5) is 23.0. The van der Waals surface area contributed by atoms with E-state index in [4.69, 9.17) is 11.6 Å². The number of hydrogen-bond donors (Lipinski definition) is 2. The molecule has 6 heteroatoms. The maximum absolute atomic E-state index is 12.0. The second kappa shape index (κ2) is 5.84. The Balaban J connectivity index is 2.10. The molecule has 0 atom stereocenters. The minimum atomic E-state index is -0.180. The molecule has 2 rings (SSSR count). The highest BCUT2D eigenvalue weighted by atomic mass is 35.5. The van der Waals surface area contributed by atoms with Gasteiger partial charge in [-0.3, -0.25) is 4.79 Å². The molecule has 2 N–H and O–H groups in total. The van der Waals surface area contributed by atoms with Crippen molar-refractivity contribution in [3.8, 4) is 0 Å². The molecule has 1 amide bonds. The van der Waals surface area contributed by atoms with Gasteiger partial charge in [-0.2, -0.15) is 0 Å². The fourth-order valence-corrected chi connectivity index (χ4v) is 1.82. The van der Waals surface area contributed by atoms with E-state index >= 15 is 0 Å². The summed E-state index contributed by atoms with van der Waals surface area (Å²) >= 11 is 5.93. The molecule has 19 heavy (non-hydrogen) atoms.